The van der Waals surface area contributed by atoms with Crippen LogP contribution in [0.15, 0.2) is 35.6 Å². The van der Waals surface area contributed by atoms with Gasteiger partial charge in [0, 0.05) is 70.8 Å². The van der Waals surface area contributed by atoms with Crippen LogP contribution in [0, 0.1) is 17.8 Å². The number of hydrogen-bond donors (Lipinski definition) is 4. The highest BCUT2D eigenvalue weighted by molar-refractivity contribution is 5.98. The van der Waals surface area contributed by atoms with Crippen molar-refractivity contribution in [1.82, 2.24) is 24.8 Å². The van der Waals surface area contributed by atoms with Gasteiger partial charge < -0.3 is 68.2 Å². The van der Waals surface area contributed by atoms with Gasteiger partial charge in [-0.2, -0.15) is 0 Å². The molecule has 1 aromatic heterocycles. The van der Waals surface area contributed by atoms with E-state index >= 15 is 0 Å². The number of carbonyl (C=O) groups is 1. The molecule has 3 aliphatic heterocycles. The molecule has 4 N–H and O–H groups in total. The number of cyclic esters (lactones) is 1. The number of ether oxygens (including phenoxy) is 7. The molecule has 0 saturated carbocycles. The van der Waals surface area contributed by atoms with Crippen molar-refractivity contribution < 1.29 is 67.6 Å². The van der Waals surface area contributed by atoms with Crippen LogP contribution in [0.1, 0.15) is 137 Å². The van der Waals surface area contributed by atoms with Crippen LogP contribution in [0.5, 0.6) is 0 Å². The molecule has 5 rings (SSSR count). The van der Waals surface area contributed by atoms with E-state index in [-0.39, 0.29) is 37.3 Å². The van der Waals surface area contributed by atoms with Crippen molar-refractivity contribution in [2.24, 2.45) is 22.9 Å². The Morgan fingerprint density at radius 2 is 1.65 bits per heavy atom. The molecular formula is C54H91FN6O13. The maximum absolute atomic E-state index is 14.8. The van der Waals surface area contributed by atoms with Crippen LogP contribution in [0.2, 0.25) is 0 Å². The summed E-state index contributed by atoms with van der Waals surface area (Å²) in [4.78, 5) is 23.6. The van der Waals surface area contributed by atoms with E-state index in [4.69, 9.17) is 38.0 Å². The van der Waals surface area contributed by atoms with Gasteiger partial charge in [-0.15, -0.1) is 5.10 Å². The third kappa shape index (κ3) is 14.7. The average Bonchev–Trinajstić information content (AvgIpc) is 3.83. The van der Waals surface area contributed by atoms with E-state index in [2.05, 4.69) is 20.4 Å². The lowest BCUT2D eigenvalue weighted by molar-refractivity contribution is -0.308. The van der Waals surface area contributed by atoms with E-state index in [1.165, 1.54) is 25.8 Å². The smallest absolute Gasteiger partial charge is 0.311 e. The zero-order valence-electron chi connectivity index (χ0n) is 47.0. The molecule has 0 bridgehead atoms. The highest BCUT2D eigenvalue weighted by Gasteiger charge is 2.52. The van der Waals surface area contributed by atoms with Crippen molar-refractivity contribution in [2.75, 3.05) is 55.2 Å². The van der Waals surface area contributed by atoms with E-state index < -0.39 is 109 Å². The average molecular weight is 1050 g/mol. The Morgan fingerprint density at radius 1 is 0.973 bits per heavy atom. The van der Waals surface area contributed by atoms with Crippen LogP contribution in [-0.4, -0.2) is 196 Å². The first kappa shape index (κ1) is 61.6. The second-order valence-corrected chi connectivity index (χ2v) is 22.4. The van der Waals surface area contributed by atoms with Gasteiger partial charge in [0.25, 0.3) is 0 Å². The molecule has 422 valence electrons. The molecule has 19 atom stereocenters. The van der Waals surface area contributed by atoms with Crippen molar-refractivity contribution in [2.45, 2.75) is 211 Å². The lowest BCUT2D eigenvalue weighted by Crippen LogP contribution is -2.59. The zero-order chi connectivity index (χ0) is 55.0. The van der Waals surface area contributed by atoms with Gasteiger partial charge >= 0.3 is 5.97 Å². The Morgan fingerprint density at radius 3 is 2.26 bits per heavy atom. The fraction of sp³-hybridized carbons (Fsp3) is 0.815. The Balaban J connectivity index is 1.41. The summed E-state index contributed by atoms with van der Waals surface area (Å²) in [5.41, 5.74) is -1.36. The van der Waals surface area contributed by atoms with Crippen LogP contribution in [0.3, 0.4) is 0 Å². The van der Waals surface area contributed by atoms with Crippen LogP contribution in [0.25, 0.3) is 0 Å². The number of likely N-dealkylation sites (N-methyl/N-ethyl adjacent to an activating group) is 2. The number of hydrogen-bond acceptors (Lipinski definition) is 18. The first-order valence-corrected chi connectivity index (χ1v) is 26.5. The number of rotatable bonds is 17. The van der Waals surface area contributed by atoms with Gasteiger partial charge in [-0.05, 0) is 106 Å². The number of oxime groups is 1. The third-order valence-electron chi connectivity index (χ3n) is 16.3. The SMILES string of the molecule is CC[C@H]1OC(=O)[C@H](C)[C@@H](O[C@H]2C[C@@](C)(OC)[C@@H](O)[C@H](C)O2)[C@H](C)[C@@H](O[C@H]2C[C@@H](N(C)CCc3cn([C@H](CF)[C@H](OC)c4ccc(/C(C)=N/OC)cc4)nn3)C[C@@H](C)O2)[C@](C)(O)C[C@@H](C)CN(C)[C@H](C)[C@@H](O)[C@]1(C)O. The minimum absolute atomic E-state index is 0.0196. The standard InChI is InChI=1S/C54H91FN6O13/c1-17-43-54(11,66)48(62)36(7)60(13)29-31(2)26-52(9,65)50(33(4)46(34(5)51(64)72-43)73-45-27-53(10,68-15)49(63)37(8)71-45)74-44-25-41(24-32(3)70-44)59(12)23-22-40-30-61(58-56-40)42(28-55)47(67-14)39-20-18-38(19-21-39)35(6)57-69-16/h18-21,30-34,36-37,41-50,62-63,65-66H,17,22-29H2,1-16H3/b57-35+/t31-,32-,33+,34-,36-,37+,41+,42-,43-,44+,45+,46+,47-,48-,49+,50-,52-,53-,54-/m1/s1. The molecule has 0 amide bonds. The lowest BCUT2D eigenvalue weighted by atomic mass is 9.77. The number of nitrogens with zero attached hydrogens (tertiary/aromatic N) is 6. The van der Waals surface area contributed by atoms with Crippen LogP contribution < -0.4 is 0 Å². The normalized spacial score (nSPS) is 38.5. The molecule has 0 spiro atoms. The first-order chi connectivity index (χ1) is 34.7. The summed E-state index contributed by atoms with van der Waals surface area (Å²) >= 11 is 0. The third-order valence-corrected chi connectivity index (χ3v) is 16.3. The Kier molecular flexibility index (Phi) is 22.0. The molecule has 0 aliphatic carbocycles. The molecule has 3 fully saturated rings. The number of aromatic nitrogens is 3. The Bertz CT molecular complexity index is 2080. The molecule has 74 heavy (non-hydrogen) atoms. The molecule has 2 aromatic rings. The molecular weight excluding hydrogens is 960 g/mol. The maximum Gasteiger partial charge on any atom is 0.311 e. The zero-order valence-corrected chi connectivity index (χ0v) is 47.0. The van der Waals surface area contributed by atoms with Crippen LogP contribution in [-0.2, 0) is 49.2 Å². The summed E-state index contributed by atoms with van der Waals surface area (Å²) < 4.78 is 60.9. The summed E-state index contributed by atoms with van der Waals surface area (Å²) in [6.45, 7) is 20.0. The number of aliphatic hydroxyl groups is 4. The molecule has 20 heteroatoms. The van der Waals surface area contributed by atoms with E-state index in [0.717, 1.165) is 11.1 Å². The number of halogens is 1. The molecule has 0 radical (unpaired) electrons. The van der Waals surface area contributed by atoms with Crippen LogP contribution in [0.4, 0.5) is 4.39 Å². The van der Waals surface area contributed by atoms with Gasteiger partial charge in [-0.3, -0.25) is 4.79 Å². The molecule has 3 saturated heterocycles. The Labute approximate surface area is 439 Å². The molecule has 0 unspecified atom stereocenters. The van der Waals surface area contributed by atoms with Gasteiger partial charge in [0.15, 0.2) is 12.6 Å². The van der Waals surface area contributed by atoms with Crippen molar-refractivity contribution >= 4 is 11.7 Å². The van der Waals surface area contributed by atoms with Crippen molar-refractivity contribution in [1.29, 1.82) is 0 Å². The first-order valence-electron chi connectivity index (χ1n) is 26.5. The highest BCUT2D eigenvalue weighted by atomic mass is 19.1. The largest absolute Gasteiger partial charge is 0.459 e. The molecule has 3 aliphatic rings. The van der Waals surface area contributed by atoms with Gasteiger partial charge in [0.2, 0.25) is 0 Å². The number of alkyl halides is 1. The van der Waals surface area contributed by atoms with E-state index in [1.807, 2.05) is 77.9 Å². The van der Waals surface area contributed by atoms with Gasteiger partial charge in [-0.1, -0.05) is 55.4 Å². The van der Waals surface area contributed by atoms with E-state index in [9.17, 15) is 29.6 Å². The fourth-order valence-corrected chi connectivity index (χ4v) is 11.6. The maximum atomic E-state index is 14.8. The summed E-state index contributed by atoms with van der Waals surface area (Å²) in [5, 5.41) is 60.3. The predicted octanol–water partition coefficient (Wildman–Crippen LogP) is 5.40. The minimum Gasteiger partial charge on any atom is -0.459 e. The predicted molar refractivity (Wildman–Crippen MR) is 276 cm³/mol. The summed E-state index contributed by atoms with van der Waals surface area (Å²) in [6.07, 6.45) is -4.63. The van der Waals surface area contributed by atoms with E-state index in [1.54, 1.807) is 47.9 Å². The number of benzene rings is 1. The monoisotopic (exact) mass is 1050 g/mol. The Hall–Kier alpha value is -3.25. The second kappa shape index (κ2) is 26.4. The van der Waals surface area contributed by atoms with Gasteiger partial charge in [0.05, 0.1) is 52.9 Å². The number of aliphatic hydroxyl groups excluding tert-OH is 2. The van der Waals surface area contributed by atoms with Crippen molar-refractivity contribution in [3.63, 3.8) is 0 Å². The van der Waals surface area contributed by atoms with Crippen LogP contribution >= 0.6 is 0 Å². The minimum atomic E-state index is -1.82. The number of esters is 1. The second-order valence-electron chi connectivity index (χ2n) is 22.4. The highest BCUT2D eigenvalue weighted by Crippen LogP contribution is 2.40. The summed E-state index contributed by atoms with van der Waals surface area (Å²) in [6, 6.07) is 6.21. The van der Waals surface area contributed by atoms with Crippen molar-refractivity contribution in [3.8, 4) is 0 Å². The lowest BCUT2D eigenvalue weighted by Gasteiger charge is -2.48. The molecule has 19 nitrogen and oxygen atoms in total. The molecule has 1 aromatic carbocycles. The van der Waals surface area contributed by atoms with Gasteiger partial charge in [0.1, 0.15) is 49.8 Å². The fourth-order valence-electron chi connectivity index (χ4n) is 11.6. The van der Waals surface area contributed by atoms with Crippen molar-refractivity contribution in [3.05, 3.63) is 47.3 Å². The number of methoxy groups -OCH3 is 2. The molecule has 4 heterocycles. The summed E-state index contributed by atoms with van der Waals surface area (Å²) in [7, 11) is 8.45. The van der Waals surface area contributed by atoms with Gasteiger partial charge in [-0.25, -0.2) is 9.07 Å². The number of carbonyl (C=O) groups excluding carboxylic acids is 1. The quantitative estimate of drug-likeness (QED) is 0.0885. The topological polar surface area (TPSA) is 221 Å². The summed E-state index contributed by atoms with van der Waals surface area (Å²) in [5.74, 6) is -2.57. The van der Waals surface area contributed by atoms with E-state index in [0.29, 0.717) is 43.8 Å².